The number of nitrogens with one attached hydrogen (secondary N) is 1. The zero-order valence-electron chi connectivity index (χ0n) is 11.6. The van der Waals surface area contributed by atoms with Crippen LogP contribution in [0, 0.1) is 0 Å². The summed E-state index contributed by atoms with van der Waals surface area (Å²) in [5, 5.41) is 13.1. The Labute approximate surface area is 115 Å². The van der Waals surface area contributed by atoms with E-state index >= 15 is 0 Å². The van der Waals surface area contributed by atoms with Crippen molar-refractivity contribution in [2.24, 2.45) is 0 Å². The summed E-state index contributed by atoms with van der Waals surface area (Å²) in [6.07, 6.45) is 0.899. The maximum Gasteiger partial charge on any atom is 0.0763 e. The molecule has 2 N–H and O–H groups in total. The molecule has 0 aliphatic carbocycles. The van der Waals surface area contributed by atoms with Gasteiger partial charge in [-0.1, -0.05) is 48.5 Å². The van der Waals surface area contributed by atoms with Gasteiger partial charge in [-0.25, -0.2) is 0 Å². The van der Waals surface area contributed by atoms with E-state index in [1.165, 1.54) is 11.1 Å². The molecule has 0 saturated carbocycles. The highest BCUT2D eigenvalue weighted by Crippen LogP contribution is 2.19. The molecular formula is C17H21NO. The number of anilines is 1. The van der Waals surface area contributed by atoms with Gasteiger partial charge in [0, 0.05) is 12.2 Å². The number of rotatable bonds is 5. The summed E-state index contributed by atoms with van der Waals surface area (Å²) < 4.78 is 0. The number of benzene rings is 2. The first-order valence-electron chi connectivity index (χ1n) is 6.63. The van der Waals surface area contributed by atoms with Crippen LogP contribution in [0.1, 0.15) is 25.0 Å². The van der Waals surface area contributed by atoms with Crippen LogP contribution >= 0.6 is 0 Å². The van der Waals surface area contributed by atoms with Crippen LogP contribution in [0.3, 0.4) is 0 Å². The number of para-hydroxylation sites is 1. The third-order valence-electron chi connectivity index (χ3n) is 2.97. The van der Waals surface area contributed by atoms with Gasteiger partial charge in [-0.3, -0.25) is 0 Å². The molecule has 0 atom stereocenters. The molecule has 0 spiro atoms. The van der Waals surface area contributed by atoms with Gasteiger partial charge in [-0.05, 0) is 37.5 Å². The minimum Gasteiger partial charge on any atom is -0.389 e. The third kappa shape index (κ3) is 4.42. The van der Waals surface area contributed by atoms with Crippen molar-refractivity contribution in [3.63, 3.8) is 0 Å². The summed E-state index contributed by atoms with van der Waals surface area (Å²) in [7, 11) is 0. The van der Waals surface area contributed by atoms with E-state index in [1.54, 1.807) is 13.8 Å². The Morgan fingerprint density at radius 2 is 1.58 bits per heavy atom. The van der Waals surface area contributed by atoms with Gasteiger partial charge in [-0.2, -0.15) is 0 Å². The van der Waals surface area contributed by atoms with Crippen LogP contribution in [0.15, 0.2) is 54.6 Å². The number of hydrogen-bond acceptors (Lipinski definition) is 2. The van der Waals surface area contributed by atoms with Gasteiger partial charge in [-0.15, -0.1) is 0 Å². The highest BCUT2D eigenvalue weighted by molar-refractivity contribution is 5.53. The van der Waals surface area contributed by atoms with E-state index < -0.39 is 5.60 Å². The fourth-order valence-electron chi connectivity index (χ4n) is 1.97. The van der Waals surface area contributed by atoms with E-state index in [-0.39, 0.29) is 0 Å². The Morgan fingerprint density at radius 3 is 2.26 bits per heavy atom. The summed E-state index contributed by atoms with van der Waals surface area (Å²) in [5.74, 6) is 0. The molecule has 0 aliphatic rings. The lowest BCUT2D eigenvalue weighted by atomic mass is 10.0. The summed E-state index contributed by atoms with van der Waals surface area (Å²) in [6.45, 7) is 4.15. The van der Waals surface area contributed by atoms with E-state index in [0.717, 1.165) is 12.1 Å². The highest BCUT2D eigenvalue weighted by Gasteiger charge is 2.12. The van der Waals surface area contributed by atoms with Gasteiger partial charge >= 0.3 is 0 Å². The van der Waals surface area contributed by atoms with Gasteiger partial charge in [0.15, 0.2) is 0 Å². The lowest BCUT2D eigenvalue weighted by molar-refractivity contribution is 0.0945. The fraction of sp³-hybridized carbons (Fsp3) is 0.294. The molecule has 0 fully saturated rings. The fourth-order valence-corrected chi connectivity index (χ4v) is 1.97. The van der Waals surface area contributed by atoms with E-state index in [4.69, 9.17) is 0 Å². The molecule has 0 radical (unpaired) electrons. The zero-order chi connectivity index (χ0) is 13.7. The Morgan fingerprint density at radius 1 is 0.947 bits per heavy atom. The van der Waals surface area contributed by atoms with Crippen molar-refractivity contribution in [3.8, 4) is 0 Å². The van der Waals surface area contributed by atoms with Gasteiger partial charge in [0.25, 0.3) is 0 Å². The molecule has 2 aromatic carbocycles. The Kier molecular flexibility index (Phi) is 4.23. The SMILES string of the molecule is CC(C)(O)CNc1ccccc1Cc1ccccc1. The summed E-state index contributed by atoms with van der Waals surface area (Å²) in [6, 6.07) is 18.7. The second-order valence-corrected chi connectivity index (χ2v) is 5.49. The van der Waals surface area contributed by atoms with E-state index in [1.807, 2.05) is 18.2 Å². The second-order valence-electron chi connectivity index (χ2n) is 5.49. The molecule has 19 heavy (non-hydrogen) atoms. The molecule has 0 amide bonds. The smallest absolute Gasteiger partial charge is 0.0763 e. The summed E-state index contributed by atoms with van der Waals surface area (Å²) >= 11 is 0. The lowest BCUT2D eigenvalue weighted by Crippen LogP contribution is -2.29. The van der Waals surface area contributed by atoms with Crippen LogP contribution in [0.5, 0.6) is 0 Å². The average molecular weight is 255 g/mol. The lowest BCUT2D eigenvalue weighted by Gasteiger charge is -2.20. The molecule has 2 nitrogen and oxygen atoms in total. The molecule has 2 aromatic rings. The van der Waals surface area contributed by atoms with Crippen LogP contribution < -0.4 is 5.32 Å². The van der Waals surface area contributed by atoms with Gasteiger partial charge in [0.2, 0.25) is 0 Å². The summed E-state index contributed by atoms with van der Waals surface area (Å²) in [5.41, 5.74) is 2.92. The standard InChI is InChI=1S/C17H21NO/c1-17(2,19)13-18-16-11-7-6-10-15(16)12-14-8-4-3-5-9-14/h3-11,18-19H,12-13H2,1-2H3. The van der Waals surface area contributed by atoms with Crippen molar-refractivity contribution in [3.05, 3.63) is 65.7 Å². The summed E-state index contributed by atoms with van der Waals surface area (Å²) in [4.78, 5) is 0. The largest absolute Gasteiger partial charge is 0.389 e. The first-order chi connectivity index (χ1) is 9.04. The van der Waals surface area contributed by atoms with Crippen molar-refractivity contribution < 1.29 is 5.11 Å². The van der Waals surface area contributed by atoms with Crippen LogP contribution in [-0.2, 0) is 6.42 Å². The van der Waals surface area contributed by atoms with Gasteiger partial charge in [0.05, 0.1) is 5.60 Å². The quantitative estimate of drug-likeness (QED) is 0.857. The van der Waals surface area contributed by atoms with Crippen LogP contribution in [0.25, 0.3) is 0 Å². The number of aliphatic hydroxyl groups is 1. The van der Waals surface area contributed by atoms with Crippen molar-refractivity contribution >= 4 is 5.69 Å². The average Bonchev–Trinajstić information content (AvgIpc) is 2.38. The van der Waals surface area contributed by atoms with Crippen molar-refractivity contribution in [1.82, 2.24) is 0 Å². The van der Waals surface area contributed by atoms with Crippen molar-refractivity contribution in [1.29, 1.82) is 0 Å². The predicted octanol–water partition coefficient (Wildman–Crippen LogP) is 3.46. The van der Waals surface area contributed by atoms with Crippen LogP contribution in [0.4, 0.5) is 5.69 Å². The Balaban J connectivity index is 2.12. The molecule has 0 heterocycles. The molecule has 0 unspecified atom stereocenters. The molecule has 2 heteroatoms. The Bertz CT molecular complexity index is 514. The third-order valence-corrected chi connectivity index (χ3v) is 2.97. The molecule has 0 saturated heterocycles. The molecule has 0 aromatic heterocycles. The monoisotopic (exact) mass is 255 g/mol. The minimum absolute atomic E-state index is 0.540. The van der Waals surface area contributed by atoms with Gasteiger partial charge in [0.1, 0.15) is 0 Å². The molecule has 0 aliphatic heterocycles. The van der Waals surface area contributed by atoms with Gasteiger partial charge < -0.3 is 10.4 Å². The highest BCUT2D eigenvalue weighted by atomic mass is 16.3. The predicted molar refractivity (Wildman–Crippen MR) is 80.5 cm³/mol. The number of hydrogen-bond donors (Lipinski definition) is 2. The second kappa shape index (κ2) is 5.89. The van der Waals surface area contributed by atoms with Crippen LogP contribution in [0.2, 0.25) is 0 Å². The molecule has 100 valence electrons. The van der Waals surface area contributed by atoms with Crippen molar-refractivity contribution in [2.45, 2.75) is 25.9 Å². The topological polar surface area (TPSA) is 32.3 Å². The van der Waals surface area contributed by atoms with Crippen molar-refractivity contribution in [2.75, 3.05) is 11.9 Å². The first kappa shape index (κ1) is 13.6. The maximum absolute atomic E-state index is 9.80. The normalized spacial score (nSPS) is 11.3. The minimum atomic E-state index is -0.708. The zero-order valence-corrected chi connectivity index (χ0v) is 11.6. The molecular weight excluding hydrogens is 234 g/mol. The molecule has 0 bridgehead atoms. The van der Waals surface area contributed by atoms with E-state index in [9.17, 15) is 5.11 Å². The molecule has 2 rings (SSSR count). The van der Waals surface area contributed by atoms with Crippen LogP contribution in [-0.4, -0.2) is 17.3 Å². The van der Waals surface area contributed by atoms with E-state index in [2.05, 4.69) is 41.7 Å². The maximum atomic E-state index is 9.80. The first-order valence-corrected chi connectivity index (χ1v) is 6.63. The Hall–Kier alpha value is -1.80. The van der Waals surface area contributed by atoms with E-state index in [0.29, 0.717) is 6.54 Å².